The molecule has 6 nitrogen and oxygen atoms in total. The zero-order chi connectivity index (χ0) is 13.0. The first kappa shape index (κ1) is 13.1. The molecule has 0 amide bonds. The van der Waals surface area contributed by atoms with Gasteiger partial charge in [0, 0.05) is 6.07 Å². The Hall–Kier alpha value is -1.99. The van der Waals surface area contributed by atoms with Gasteiger partial charge in [-0.05, 0) is 0 Å². The van der Waals surface area contributed by atoms with Crippen molar-refractivity contribution in [1.82, 2.24) is 9.78 Å². The molecule has 0 spiro atoms. The predicted molar refractivity (Wildman–Crippen MR) is 50.9 cm³/mol. The summed E-state index contributed by atoms with van der Waals surface area (Å²) in [6.45, 7) is -0.804. The second kappa shape index (κ2) is 5.37. The molecule has 0 fully saturated rings. The van der Waals surface area contributed by atoms with Crippen molar-refractivity contribution in [2.75, 3.05) is 14.2 Å². The number of hydrogen-bond donors (Lipinski definition) is 0. The van der Waals surface area contributed by atoms with Crippen LogP contribution in [0.1, 0.15) is 21.0 Å². The molecule has 0 aliphatic rings. The minimum Gasteiger partial charge on any atom is -0.464 e. The number of esters is 2. The number of methoxy groups -OCH3 is 2. The quantitative estimate of drug-likeness (QED) is 0.734. The van der Waals surface area contributed by atoms with E-state index in [0.29, 0.717) is 4.68 Å². The molecule has 8 heteroatoms. The van der Waals surface area contributed by atoms with E-state index in [-0.39, 0.29) is 11.4 Å². The minimum atomic E-state index is -2.70. The number of ether oxygens (including phenoxy) is 2. The van der Waals surface area contributed by atoms with E-state index in [9.17, 15) is 18.4 Å². The molecule has 1 rings (SSSR count). The van der Waals surface area contributed by atoms with Crippen LogP contribution in [-0.4, -0.2) is 42.4 Å². The van der Waals surface area contributed by atoms with Crippen LogP contribution in [0.15, 0.2) is 6.07 Å². The van der Waals surface area contributed by atoms with Gasteiger partial charge in [-0.2, -0.15) is 5.10 Å². The summed E-state index contributed by atoms with van der Waals surface area (Å²) in [5, 5.41) is 3.55. The molecule has 0 radical (unpaired) electrons. The smallest absolute Gasteiger partial charge is 0.358 e. The molecule has 0 aliphatic carbocycles. The Bertz CT molecular complexity index is 431. The third-order valence-electron chi connectivity index (χ3n) is 1.88. The number of carbonyl (C=O) groups excluding carboxylic acids is 2. The first-order chi connectivity index (χ1) is 7.99. The standard InChI is InChI=1S/C9H10F2N2O4/c1-16-8(14)5-3-6(9(15)17-2)13(12-5)4-7(10)11/h3,7H,4H2,1-2H3. The lowest BCUT2D eigenvalue weighted by Crippen LogP contribution is -2.16. The predicted octanol–water partition coefficient (Wildman–Crippen LogP) is 0.721. The maximum absolute atomic E-state index is 12.2. The normalized spacial score (nSPS) is 10.4. The fourth-order valence-corrected chi connectivity index (χ4v) is 1.16. The summed E-state index contributed by atoms with van der Waals surface area (Å²) in [7, 11) is 2.21. The molecular formula is C9H10F2N2O4. The van der Waals surface area contributed by atoms with Crippen LogP contribution in [0.2, 0.25) is 0 Å². The van der Waals surface area contributed by atoms with E-state index in [1.165, 1.54) is 0 Å². The molecule has 17 heavy (non-hydrogen) atoms. The van der Waals surface area contributed by atoms with Gasteiger partial charge in [0.1, 0.15) is 12.2 Å². The van der Waals surface area contributed by atoms with Gasteiger partial charge >= 0.3 is 11.9 Å². The molecule has 0 saturated carbocycles. The van der Waals surface area contributed by atoms with Crippen molar-refractivity contribution in [2.45, 2.75) is 13.0 Å². The van der Waals surface area contributed by atoms with Crippen molar-refractivity contribution in [1.29, 1.82) is 0 Å². The zero-order valence-corrected chi connectivity index (χ0v) is 9.15. The molecule has 0 N–H and O–H groups in total. The lowest BCUT2D eigenvalue weighted by Gasteiger charge is -2.04. The van der Waals surface area contributed by atoms with Crippen LogP contribution in [0.4, 0.5) is 8.78 Å². The lowest BCUT2D eigenvalue weighted by molar-refractivity contribution is 0.0568. The molecule has 0 aromatic carbocycles. The zero-order valence-electron chi connectivity index (χ0n) is 9.15. The highest BCUT2D eigenvalue weighted by Gasteiger charge is 2.21. The Labute approximate surface area is 95.1 Å². The Morgan fingerprint density at radius 1 is 1.35 bits per heavy atom. The number of nitrogens with zero attached hydrogens (tertiary/aromatic N) is 2. The Kier molecular flexibility index (Phi) is 4.13. The lowest BCUT2D eigenvalue weighted by atomic mass is 10.3. The van der Waals surface area contributed by atoms with Crippen molar-refractivity contribution in [2.24, 2.45) is 0 Å². The molecule has 1 aromatic heterocycles. The SMILES string of the molecule is COC(=O)c1cc(C(=O)OC)n(CC(F)F)n1. The summed E-state index contributed by atoms with van der Waals surface area (Å²) in [6, 6.07) is 1.04. The van der Waals surface area contributed by atoms with Gasteiger partial charge in [-0.3, -0.25) is 4.68 Å². The highest BCUT2D eigenvalue weighted by molar-refractivity contribution is 5.93. The fraction of sp³-hybridized carbons (Fsp3) is 0.444. The van der Waals surface area contributed by atoms with Gasteiger partial charge in [-0.25, -0.2) is 18.4 Å². The van der Waals surface area contributed by atoms with Crippen LogP contribution < -0.4 is 0 Å². The number of hydrogen-bond acceptors (Lipinski definition) is 5. The second-order valence-corrected chi connectivity index (χ2v) is 2.97. The van der Waals surface area contributed by atoms with Gasteiger partial charge in [0.2, 0.25) is 0 Å². The van der Waals surface area contributed by atoms with Crippen LogP contribution in [0.3, 0.4) is 0 Å². The monoisotopic (exact) mass is 248 g/mol. The minimum absolute atomic E-state index is 0.228. The van der Waals surface area contributed by atoms with Gasteiger partial charge in [0.25, 0.3) is 6.43 Å². The number of carbonyl (C=O) groups is 2. The van der Waals surface area contributed by atoms with Crippen LogP contribution in [-0.2, 0) is 16.0 Å². The van der Waals surface area contributed by atoms with E-state index in [0.717, 1.165) is 20.3 Å². The van der Waals surface area contributed by atoms with E-state index in [4.69, 9.17) is 0 Å². The summed E-state index contributed by atoms with van der Waals surface area (Å²) in [4.78, 5) is 22.4. The van der Waals surface area contributed by atoms with Crippen molar-refractivity contribution in [3.63, 3.8) is 0 Å². The second-order valence-electron chi connectivity index (χ2n) is 2.97. The summed E-state index contributed by atoms with van der Waals surface area (Å²) in [5.74, 6) is -1.67. The van der Waals surface area contributed by atoms with E-state index in [1.807, 2.05) is 0 Å². The number of alkyl halides is 2. The molecule has 0 unspecified atom stereocenters. The Morgan fingerprint density at radius 3 is 2.41 bits per heavy atom. The van der Waals surface area contributed by atoms with Gasteiger partial charge in [0.05, 0.1) is 14.2 Å². The molecule has 0 aliphatic heterocycles. The van der Waals surface area contributed by atoms with E-state index in [1.54, 1.807) is 0 Å². The highest BCUT2D eigenvalue weighted by Crippen LogP contribution is 2.10. The van der Waals surface area contributed by atoms with Crippen LogP contribution in [0.25, 0.3) is 0 Å². The van der Waals surface area contributed by atoms with Crippen LogP contribution in [0.5, 0.6) is 0 Å². The van der Waals surface area contributed by atoms with Crippen molar-refractivity contribution < 1.29 is 27.8 Å². The third kappa shape index (κ3) is 2.99. The average molecular weight is 248 g/mol. The number of aromatic nitrogens is 2. The topological polar surface area (TPSA) is 70.4 Å². The van der Waals surface area contributed by atoms with Crippen molar-refractivity contribution in [3.8, 4) is 0 Å². The van der Waals surface area contributed by atoms with E-state index in [2.05, 4.69) is 14.6 Å². The molecule has 94 valence electrons. The van der Waals surface area contributed by atoms with Crippen LogP contribution >= 0.6 is 0 Å². The average Bonchev–Trinajstić information content (AvgIpc) is 2.70. The third-order valence-corrected chi connectivity index (χ3v) is 1.88. The molecule has 0 atom stereocenters. The molecule has 1 aromatic rings. The largest absolute Gasteiger partial charge is 0.464 e. The van der Waals surface area contributed by atoms with Gasteiger partial charge in [-0.15, -0.1) is 0 Å². The van der Waals surface area contributed by atoms with Crippen molar-refractivity contribution in [3.05, 3.63) is 17.5 Å². The summed E-state index contributed by atoms with van der Waals surface area (Å²) >= 11 is 0. The first-order valence-corrected chi connectivity index (χ1v) is 4.52. The van der Waals surface area contributed by atoms with E-state index >= 15 is 0 Å². The molecular weight excluding hydrogens is 238 g/mol. The first-order valence-electron chi connectivity index (χ1n) is 4.52. The Balaban J connectivity index is 3.11. The van der Waals surface area contributed by atoms with Gasteiger partial charge < -0.3 is 9.47 Å². The van der Waals surface area contributed by atoms with Crippen LogP contribution in [0, 0.1) is 0 Å². The van der Waals surface area contributed by atoms with E-state index < -0.39 is 24.9 Å². The fourth-order valence-electron chi connectivity index (χ4n) is 1.16. The number of halogens is 2. The Morgan fingerprint density at radius 2 is 1.94 bits per heavy atom. The van der Waals surface area contributed by atoms with Gasteiger partial charge in [-0.1, -0.05) is 0 Å². The van der Waals surface area contributed by atoms with Crippen molar-refractivity contribution >= 4 is 11.9 Å². The maximum atomic E-state index is 12.2. The number of rotatable bonds is 4. The summed E-state index contributed by atoms with van der Waals surface area (Å²) < 4.78 is 33.9. The summed E-state index contributed by atoms with van der Waals surface area (Å²) in [6.07, 6.45) is -2.70. The highest BCUT2D eigenvalue weighted by atomic mass is 19.3. The molecule has 0 bridgehead atoms. The van der Waals surface area contributed by atoms with Gasteiger partial charge in [0.15, 0.2) is 5.69 Å². The summed E-state index contributed by atoms with van der Waals surface area (Å²) in [5.41, 5.74) is -0.457. The molecule has 1 heterocycles. The maximum Gasteiger partial charge on any atom is 0.358 e. The molecule has 0 saturated heterocycles.